The van der Waals surface area contributed by atoms with Gasteiger partial charge in [-0.1, -0.05) is 182 Å². The molecule has 0 spiro atoms. The Balaban J connectivity index is 1.10. The van der Waals surface area contributed by atoms with E-state index in [0.717, 1.165) is 138 Å². The van der Waals surface area contributed by atoms with Crippen LogP contribution in [-0.2, 0) is 0 Å². The van der Waals surface area contributed by atoms with Gasteiger partial charge in [-0.05, 0) is 78.9 Å². The number of nitriles is 1. The van der Waals surface area contributed by atoms with Crippen LogP contribution in [0.5, 0.6) is 0 Å². The maximum absolute atomic E-state index is 12.3. The number of aromatic nitrogens is 6. The minimum absolute atomic E-state index is 0.525. The van der Waals surface area contributed by atoms with E-state index < -0.39 is 0 Å². The molecular formula is C71H43N7. The Labute approximate surface area is 447 Å². The van der Waals surface area contributed by atoms with Crippen LogP contribution in [0.1, 0.15) is 5.56 Å². The summed E-state index contributed by atoms with van der Waals surface area (Å²) in [5, 5.41) is 21.1. The van der Waals surface area contributed by atoms with E-state index in [1.54, 1.807) is 0 Å². The van der Waals surface area contributed by atoms with Crippen molar-refractivity contribution in [2.45, 2.75) is 0 Å². The van der Waals surface area contributed by atoms with Crippen LogP contribution in [0.3, 0.4) is 0 Å². The molecule has 362 valence electrons. The Morgan fingerprint density at radius 1 is 0.295 bits per heavy atom. The van der Waals surface area contributed by atoms with E-state index in [9.17, 15) is 5.26 Å². The fourth-order valence-corrected chi connectivity index (χ4v) is 12.5. The lowest BCUT2D eigenvalue weighted by molar-refractivity contribution is 1.12. The summed E-state index contributed by atoms with van der Waals surface area (Å²) in [4.78, 5) is 10.7. The molecular weight excluding hydrogens is 951 g/mol. The Bertz CT molecular complexity index is 4820. The Morgan fingerprint density at radius 2 is 0.667 bits per heavy atom. The summed E-state index contributed by atoms with van der Waals surface area (Å²) in [6, 6.07) is 94.8. The molecule has 5 aromatic heterocycles. The average molecular weight is 994 g/mol. The first-order chi connectivity index (χ1) is 38.7. The number of hydrogen-bond donors (Lipinski definition) is 0. The van der Waals surface area contributed by atoms with Crippen molar-refractivity contribution < 1.29 is 0 Å². The van der Waals surface area contributed by atoms with Gasteiger partial charge in [-0.25, -0.2) is 9.97 Å². The van der Waals surface area contributed by atoms with Gasteiger partial charge in [0.25, 0.3) is 0 Å². The topological polar surface area (TPSA) is 69.3 Å². The molecule has 11 aromatic carbocycles. The highest BCUT2D eigenvalue weighted by Crippen LogP contribution is 2.47. The summed E-state index contributed by atoms with van der Waals surface area (Å²) >= 11 is 0. The number of benzene rings is 11. The summed E-state index contributed by atoms with van der Waals surface area (Å²) in [7, 11) is 0. The molecule has 0 aliphatic heterocycles. The van der Waals surface area contributed by atoms with Gasteiger partial charge in [0, 0.05) is 71.2 Å². The van der Waals surface area contributed by atoms with Gasteiger partial charge in [0.1, 0.15) is 11.6 Å². The first kappa shape index (κ1) is 43.6. The Morgan fingerprint density at radius 3 is 1.12 bits per heavy atom. The molecule has 0 fully saturated rings. The zero-order valence-electron chi connectivity index (χ0n) is 42.0. The van der Waals surface area contributed by atoms with Gasteiger partial charge < -0.3 is 18.3 Å². The van der Waals surface area contributed by atoms with Crippen LogP contribution in [-0.4, -0.2) is 28.2 Å². The van der Waals surface area contributed by atoms with Crippen molar-refractivity contribution in [2.75, 3.05) is 0 Å². The van der Waals surface area contributed by atoms with Crippen LogP contribution in [0.25, 0.3) is 144 Å². The lowest BCUT2D eigenvalue weighted by Gasteiger charge is -2.19. The van der Waals surface area contributed by atoms with Gasteiger partial charge in [0.05, 0.1) is 66.9 Å². The maximum Gasteiger partial charge on any atom is 0.160 e. The second-order valence-electron chi connectivity index (χ2n) is 20.0. The summed E-state index contributed by atoms with van der Waals surface area (Å²) in [6.07, 6.45) is 0. The molecule has 0 aliphatic rings. The van der Waals surface area contributed by atoms with Crippen molar-refractivity contribution in [3.8, 4) is 62.7 Å². The molecule has 7 nitrogen and oxygen atoms in total. The van der Waals surface area contributed by atoms with E-state index in [0.29, 0.717) is 11.4 Å². The zero-order valence-corrected chi connectivity index (χ0v) is 42.0. The second kappa shape index (κ2) is 17.1. The zero-order chi connectivity index (χ0) is 51.4. The number of hydrogen-bond acceptors (Lipinski definition) is 3. The van der Waals surface area contributed by atoms with E-state index in [4.69, 9.17) is 9.97 Å². The molecule has 0 radical (unpaired) electrons. The molecule has 16 aromatic rings. The van der Waals surface area contributed by atoms with E-state index >= 15 is 0 Å². The standard InChI is InChI=1S/C71H43N7/c72-44-56-65(77-59-33-17-13-29-50(59)52-37-39-63-67(69(52)77)54-31-15-19-35-61(54)75(63)48-25-9-3-10-26-48)41-47(58-43-57(45-21-5-1-6-22-45)73-71(74-58)46-23-7-2-8-24-46)42-66(56)78-60-34-18-14-30-51(60)53-38-40-64-68(70(53)78)55-32-16-20-36-62(55)76(64)49-27-11-4-12-28-49/h1-43H. The summed E-state index contributed by atoms with van der Waals surface area (Å²) < 4.78 is 9.46. The van der Waals surface area contributed by atoms with Crippen LogP contribution in [0.15, 0.2) is 261 Å². The minimum Gasteiger partial charge on any atom is -0.309 e. The van der Waals surface area contributed by atoms with E-state index in [-0.39, 0.29) is 0 Å². The third-order valence-corrected chi connectivity index (χ3v) is 15.8. The molecule has 7 heteroatoms. The highest BCUT2D eigenvalue weighted by Gasteiger charge is 2.28. The van der Waals surface area contributed by atoms with Gasteiger partial charge in [0.2, 0.25) is 0 Å². The van der Waals surface area contributed by atoms with Gasteiger partial charge in [-0.15, -0.1) is 0 Å². The van der Waals surface area contributed by atoms with Crippen LogP contribution >= 0.6 is 0 Å². The Kier molecular flexibility index (Phi) is 9.56. The highest BCUT2D eigenvalue weighted by atomic mass is 15.0. The summed E-state index contributed by atoms with van der Waals surface area (Å²) in [5.74, 6) is 0.610. The Hall–Kier alpha value is -10.8. The number of para-hydroxylation sites is 6. The second-order valence-corrected chi connectivity index (χ2v) is 20.0. The lowest BCUT2D eigenvalue weighted by atomic mass is 10.0. The minimum atomic E-state index is 0.525. The fourth-order valence-electron chi connectivity index (χ4n) is 12.5. The quantitative estimate of drug-likeness (QED) is 0.160. The molecule has 0 bridgehead atoms. The SMILES string of the molecule is N#Cc1c(-n2c3ccccc3c3ccc4c(c5ccccc5n4-c4ccccc4)c32)cc(-c2cc(-c3ccccc3)nc(-c3ccccc3)n2)cc1-n1c2ccccc2c2ccc3c(c4ccccc4n3-c3ccccc3)c21. The van der Waals surface area contributed by atoms with Gasteiger partial charge in [-0.3, -0.25) is 0 Å². The molecule has 0 N–H and O–H groups in total. The fraction of sp³-hybridized carbons (Fsp3) is 0. The van der Waals surface area contributed by atoms with Crippen LogP contribution in [0.4, 0.5) is 0 Å². The molecule has 16 rings (SSSR count). The van der Waals surface area contributed by atoms with E-state index in [1.165, 1.54) is 0 Å². The molecule has 0 amide bonds. The summed E-state index contributed by atoms with van der Waals surface area (Å²) in [6.45, 7) is 0. The van der Waals surface area contributed by atoms with Gasteiger partial charge >= 0.3 is 0 Å². The third-order valence-electron chi connectivity index (χ3n) is 15.8. The van der Waals surface area contributed by atoms with Crippen molar-refractivity contribution in [3.05, 3.63) is 266 Å². The maximum atomic E-state index is 12.3. The van der Waals surface area contributed by atoms with Crippen molar-refractivity contribution in [1.82, 2.24) is 28.2 Å². The average Bonchev–Trinajstić information content (AvgIpc) is 4.39. The molecule has 5 heterocycles. The van der Waals surface area contributed by atoms with Crippen LogP contribution in [0.2, 0.25) is 0 Å². The summed E-state index contributed by atoms with van der Waals surface area (Å²) in [5.41, 5.74) is 16.8. The number of nitrogens with zero attached hydrogens (tertiary/aromatic N) is 7. The molecule has 0 saturated heterocycles. The predicted molar refractivity (Wildman–Crippen MR) is 320 cm³/mol. The van der Waals surface area contributed by atoms with E-state index in [2.05, 4.69) is 249 Å². The first-order valence-corrected chi connectivity index (χ1v) is 26.3. The monoisotopic (exact) mass is 993 g/mol. The molecule has 0 unspecified atom stereocenters. The number of fused-ring (bicyclic) bond motifs is 14. The van der Waals surface area contributed by atoms with Crippen molar-refractivity contribution in [3.63, 3.8) is 0 Å². The molecule has 0 saturated carbocycles. The van der Waals surface area contributed by atoms with Crippen molar-refractivity contribution >= 4 is 87.2 Å². The predicted octanol–water partition coefficient (Wildman–Crippen LogP) is 17.7. The van der Waals surface area contributed by atoms with Gasteiger partial charge in [-0.2, -0.15) is 5.26 Å². The van der Waals surface area contributed by atoms with Gasteiger partial charge in [0.15, 0.2) is 5.82 Å². The van der Waals surface area contributed by atoms with Crippen LogP contribution < -0.4 is 0 Å². The molecule has 0 aliphatic carbocycles. The first-order valence-electron chi connectivity index (χ1n) is 26.3. The smallest absolute Gasteiger partial charge is 0.160 e. The molecule has 0 atom stereocenters. The van der Waals surface area contributed by atoms with Crippen molar-refractivity contribution in [1.29, 1.82) is 5.26 Å². The highest BCUT2D eigenvalue weighted by molar-refractivity contribution is 6.28. The largest absolute Gasteiger partial charge is 0.309 e. The normalized spacial score (nSPS) is 11.8. The van der Waals surface area contributed by atoms with Crippen LogP contribution in [0, 0.1) is 11.3 Å². The number of rotatable bonds is 7. The molecule has 78 heavy (non-hydrogen) atoms. The third kappa shape index (κ3) is 6.38. The lowest BCUT2D eigenvalue weighted by Crippen LogP contribution is -2.06. The van der Waals surface area contributed by atoms with E-state index in [1.807, 2.05) is 36.4 Å². The van der Waals surface area contributed by atoms with Crippen molar-refractivity contribution in [2.24, 2.45) is 0 Å².